The lowest BCUT2D eigenvalue weighted by Crippen LogP contribution is -3.16. The van der Waals surface area contributed by atoms with Gasteiger partial charge in [-0.1, -0.05) is 17.7 Å². The Kier molecular flexibility index (Phi) is 6.09. The van der Waals surface area contributed by atoms with Gasteiger partial charge in [-0.05, 0) is 44.0 Å². The van der Waals surface area contributed by atoms with Crippen LogP contribution in [0.4, 0.5) is 0 Å². The fourth-order valence-electron chi connectivity index (χ4n) is 2.90. The van der Waals surface area contributed by atoms with Crippen LogP contribution in [0.5, 0.6) is 5.75 Å². The zero-order valence-electron chi connectivity index (χ0n) is 12.9. The molecule has 0 amide bonds. The van der Waals surface area contributed by atoms with Crippen LogP contribution in [0.1, 0.15) is 19.4 Å². The molecule has 1 aliphatic heterocycles. The first-order valence-corrected chi connectivity index (χ1v) is 7.97. The lowest BCUT2D eigenvalue weighted by molar-refractivity contribution is -0.915. The molecule has 0 spiro atoms. The molecule has 0 saturated carbocycles. The molecular formula is C17H25ClNO2+. The maximum absolute atomic E-state index is 6.03. The van der Waals surface area contributed by atoms with Crippen LogP contribution in [-0.4, -0.2) is 38.4 Å². The third-order valence-corrected chi connectivity index (χ3v) is 3.95. The molecule has 4 heteroatoms. The van der Waals surface area contributed by atoms with Gasteiger partial charge in [-0.3, -0.25) is 0 Å². The Hall–Kier alpha value is -1.03. The lowest BCUT2D eigenvalue weighted by atomic mass is 10.1. The van der Waals surface area contributed by atoms with E-state index in [1.807, 2.05) is 24.3 Å². The van der Waals surface area contributed by atoms with E-state index in [4.69, 9.17) is 21.1 Å². The van der Waals surface area contributed by atoms with Gasteiger partial charge in [0.2, 0.25) is 0 Å². The molecule has 0 radical (unpaired) electrons. The highest BCUT2D eigenvalue weighted by molar-refractivity contribution is 6.30. The second-order valence-corrected chi connectivity index (χ2v) is 6.20. The van der Waals surface area contributed by atoms with E-state index < -0.39 is 0 Å². The third-order valence-electron chi connectivity index (χ3n) is 3.72. The Morgan fingerprint density at radius 2 is 2.10 bits per heavy atom. The van der Waals surface area contributed by atoms with Crippen molar-refractivity contribution in [3.63, 3.8) is 0 Å². The highest BCUT2D eigenvalue weighted by atomic mass is 35.5. The minimum absolute atomic E-state index is 0.329. The van der Waals surface area contributed by atoms with Crippen LogP contribution in [0.2, 0.25) is 5.02 Å². The zero-order chi connectivity index (χ0) is 15.2. The molecule has 1 aliphatic rings. The van der Waals surface area contributed by atoms with Crippen molar-refractivity contribution in [1.29, 1.82) is 0 Å². The average molecular weight is 311 g/mol. The fourth-order valence-corrected chi connectivity index (χ4v) is 3.10. The molecule has 0 bridgehead atoms. The molecule has 0 unspecified atom stereocenters. The van der Waals surface area contributed by atoms with Gasteiger partial charge in [0.25, 0.3) is 0 Å². The first kappa shape index (κ1) is 16.3. The number of nitrogens with one attached hydrogen (secondary N) is 1. The van der Waals surface area contributed by atoms with Gasteiger partial charge in [0.15, 0.2) is 0 Å². The van der Waals surface area contributed by atoms with E-state index in [1.165, 1.54) is 0 Å². The number of benzene rings is 1. The number of rotatable bonds is 6. The number of hydrogen-bond donors (Lipinski definition) is 1. The number of allylic oxidation sites excluding steroid dienone is 1. The SMILES string of the molecule is C=CCc1cc(Cl)ccc1OCC[NH+]1C[C@@H](C)O[C@H](C)C1. The van der Waals surface area contributed by atoms with Gasteiger partial charge in [0.05, 0.1) is 0 Å². The number of morpholine rings is 1. The summed E-state index contributed by atoms with van der Waals surface area (Å²) in [6.45, 7) is 11.9. The normalized spacial score (nSPS) is 25.6. The van der Waals surface area contributed by atoms with Crippen molar-refractivity contribution in [2.75, 3.05) is 26.2 Å². The first-order valence-electron chi connectivity index (χ1n) is 7.59. The lowest BCUT2D eigenvalue weighted by Gasteiger charge is -2.32. The van der Waals surface area contributed by atoms with Gasteiger partial charge in [-0.25, -0.2) is 0 Å². The molecule has 2 atom stereocenters. The molecule has 1 N–H and O–H groups in total. The van der Waals surface area contributed by atoms with Crippen molar-refractivity contribution >= 4 is 11.6 Å². The van der Waals surface area contributed by atoms with Crippen molar-refractivity contribution in [1.82, 2.24) is 0 Å². The number of halogens is 1. The number of hydrogen-bond acceptors (Lipinski definition) is 2. The molecule has 116 valence electrons. The van der Waals surface area contributed by atoms with Crippen LogP contribution in [0.15, 0.2) is 30.9 Å². The van der Waals surface area contributed by atoms with Crippen LogP contribution in [0.3, 0.4) is 0 Å². The van der Waals surface area contributed by atoms with Gasteiger partial charge < -0.3 is 14.4 Å². The van der Waals surface area contributed by atoms with Crippen LogP contribution in [0, 0.1) is 0 Å². The van der Waals surface area contributed by atoms with Gasteiger partial charge in [-0.15, -0.1) is 6.58 Å². The Morgan fingerprint density at radius 3 is 2.76 bits per heavy atom. The van der Waals surface area contributed by atoms with E-state index >= 15 is 0 Å². The van der Waals surface area contributed by atoms with E-state index in [9.17, 15) is 0 Å². The summed E-state index contributed by atoms with van der Waals surface area (Å²) in [7, 11) is 0. The van der Waals surface area contributed by atoms with Crippen LogP contribution < -0.4 is 9.64 Å². The number of quaternary nitrogens is 1. The summed E-state index contributed by atoms with van der Waals surface area (Å²) in [5, 5.41) is 0.737. The molecule has 2 rings (SSSR count). The molecule has 1 aromatic rings. The Morgan fingerprint density at radius 1 is 1.38 bits per heavy atom. The van der Waals surface area contributed by atoms with Crippen molar-refractivity contribution < 1.29 is 14.4 Å². The van der Waals surface area contributed by atoms with Gasteiger partial charge >= 0.3 is 0 Å². The average Bonchev–Trinajstić information content (AvgIpc) is 2.40. The van der Waals surface area contributed by atoms with Crippen LogP contribution >= 0.6 is 11.6 Å². The monoisotopic (exact) mass is 310 g/mol. The summed E-state index contributed by atoms with van der Waals surface area (Å²) in [4.78, 5) is 1.54. The minimum Gasteiger partial charge on any atom is -0.487 e. The summed E-state index contributed by atoms with van der Waals surface area (Å²) in [6, 6.07) is 5.76. The highest BCUT2D eigenvalue weighted by Gasteiger charge is 2.25. The molecule has 1 fully saturated rings. The molecule has 1 saturated heterocycles. The van der Waals surface area contributed by atoms with E-state index in [2.05, 4.69) is 20.4 Å². The van der Waals surface area contributed by atoms with Crippen molar-refractivity contribution in [3.8, 4) is 5.75 Å². The van der Waals surface area contributed by atoms with Crippen LogP contribution in [-0.2, 0) is 11.2 Å². The third kappa shape index (κ3) is 5.03. The molecule has 1 aromatic carbocycles. The molecule has 0 aromatic heterocycles. The van der Waals surface area contributed by atoms with Crippen LogP contribution in [0.25, 0.3) is 0 Å². The molecule has 1 heterocycles. The molecule has 0 aliphatic carbocycles. The maximum atomic E-state index is 6.03. The second-order valence-electron chi connectivity index (χ2n) is 5.76. The molecular weight excluding hydrogens is 286 g/mol. The fraction of sp³-hybridized carbons (Fsp3) is 0.529. The van der Waals surface area contributed by atoms with Gasteiger partial charge in [0, 0.05) is 5.02 Å². The van der Waals surface area contributed by atoms with E-state index in [-0.39, 0.29) is 0 Å². The van der Waals surface area contributed by atoms with Gasteiger partial charge in [0.1, 0.15) is 44.2 Å². The maximum Gasteiger partial charge on any atom is 0.137 e. The standard InChI is InChI=1S/C17H24ClNO2/c1-4-5-15-10-16(18)6-7-17(15)20-9-8-19-11-13(2)21-14(3)12-19/h4,6-7,10,13-14H,1,5,8-9,11-12H2,2-3H3/p+1/t13-,14-/m1/s1. The summed E-state index contributed by atoms with van der Waals surface area (Å²) < 4.78 is 11.7. The van der Waals surface area contributed by atoms with Crippen molar-refractivity contribution in [3.05, 3.63) is 41.4 Å². The second kappa shape index (κ2) is 7.83. The predicted octanol–water partition coefficient (Wildman–Crippen LogP) is 2.14. The summed E-state index contributed by atoms with van der Waals surface area (Å²) in [5.74, 6) is 0.910. The van der Waals surface area contributed by atoms with Crippen molar-refractivity contribution in [2.24, 2.45) is 0 Å². The van der Waals surface area contributed by atoms with Crippen molar-refractivity contribution in [2.45, 2.75) is 32.5 Å². The zero-order valence-corrected chi connectivity index (χ0v) is 13.7. The Labute approximate surface area is 132 Å². The number of ether oxygens (including phenoxy) is 2. The summed E-state index contributed by atoms with van der Waals surface area (Å²) >= 11 is 6.03. The van der Waals surface area contributed by atoms with E-state index in [0.717, 1.165) is 42.4 Å². The van der Waals surface area contributed by atoms with Gasteiger partial charge in [-0.2, -0.15) is 0 Å². The summed E-state index contributed by atoms with van der Waals surface area (Å²) in [5.41, 5.74) is 1.09. The first-order chi connectivity index (χ1) is 10.1. The largest absolute Gasteiger partial charge is 0.487 e. The highest BCUT2D eigenvalue weighted by Crippen LogP contribution is 2.23. The molecule has 3 nitrogen and oxygen atoms in total. The smallest absolute Gasteiger partial charge is 0.137 e. The van der Waals surface area contributed by atoms with E-state index in [1.54, 1.807) is 4.90 Å². The summed E-state index contributed by atoms with van der Waals surface area (Å²) in [6.07, 6.45) is 3.30. The van der Waals surface area contributed by atoms with E-state index in [0.29, 0.717) is 18.8 Å². The minimum atomic E-state index is 0.329. The predicted molar refractivity (Wildman–Crippen MR) is 86.4 cm³/mol. The Bertz CT molecular complexity index is 468. The Balaban J connectivity index is 1.87. The molecule has 21 heavy (non-hydrogen) atoms. The topological polar surface area (TPSA) is 22.9 Å². The quantitative estimate of drug-likeness (QED) is 0.814.